The molecular formula is C12H22O9. The predicted molar refractivity (Wildman–Crippen MR) is 67.5 cm³/mol. The van der Waals surface area contributed by atoms with E-state index in [0.29, 0.717) is 12.2 Å². The minimum absolute atomic E-state index is 0.0258. The number of hydrogen-bond acceptors (Lipinski definition) is 9. The Morgan fingerprint density at radius 3 is 1.86 bits per heavy atom. The highest BCUT2D eigenvalue weighted by molar-refractivity contribution is 5.56. The maximum absolute atomic E-state index is 9.90. The zero-order valence-corrected chi connectivity index (χ0v) is 11.4. The minimum atomic E-state index is -1.79. The van der Waals surface area contributed by atoms with Crippen molar-refractivity contribution in [3.63, 3.8) is 0 Å². The number of epoxide rings is 2. The quantitative estimate of drug-likeness (QED) is 0.215. The molecule has 9 nitrogen and oxygen atoms in total. The zero-order valence-electron chi connectivity index (χ0n) is 11.4. The average Bonchev–Trinajstić information content (AvgIpc) is 3.39. The molecule has 2 fully saturated rings. The molecule has 9 heteroatoms. The van der Waals surface area contributed by atoms with Crippen LogP contribution in [0.25, 0.3) is 0 Å². The van der Waals surface area contributed by atoms with Crippen LogP contribution >= 0.6 is 0 Å². The maximum Gasteiger partial charge on any atom is 0.151 e. The number of aliphatic hydroxyl groups is 5. The van der Waals surface area contributed by atoms with E-state index in [9.17, 15) is 4.79 Å². The van der Waals surface area contributed by atoms with Crippen molar-refractivity contribution in [1.82, 2.24) is 0 Å². The third-order valence-electron chi connectivity index (χ3n) is 2.83. The second-order valence-electron chi connectivity index (χ2n) is 4.81. The molecule has 2 aliphatic heterocycles. The first kappa shape index (κ1) is 18.4. The minimum Gasteiger partial charge on any atom is -0.394 e. The molecule has 0 aromatic rings. The Morgan fingerprint density at radius 1 is 1.05 bits per heavy atom. The fourth-order valence-corrected chi connectivity index (χ4v) is 1.28. The molecule has 0 radical (unpaired) electrons. The van der Waals surface area contributed by atoms with Gasteiger partial charge in [-0.3, -0.25) is 0 Å². The van der Waals surface area contributed by atoms with Gasteiger partial charge in [0.05, 0.1) is 33.0 Å². The summed E-state index contributed by atoms with van der Waals surface area (Å²) < 4.78 is 15.1. The van der Waals surface area contributed by atoms with Crippen LogP contribution < -0.4 is 0 Å². The second-order valence-corrected chi connectivity index (χ2v) is 4.81. The summed E-state index contributed by atoms with van der Waals surface area (Å²) in [6, 6.07) is 0. The van der Waals surface area contributed by atoms with E-state index in [4.69, 9.17) is 39.7 Å². The first-order valence-electron chi connectivity index (χ1n) is 6.59. The van der Waals surface area contributed by atoms with E-state index in [2.05, 4.69) is 0 Å². The lowest BCUT2D eigenvalue weighted by atomic mass is 10.0. The molecule has 0 aromatic heterocycles. The summed E-state index contributed by atoms with van der Waals surface area (Å²) in [5.41, 5.74) is 0. The smallest absolute Gasteiger partial charge is 0.151 e. The summed E-state index contributed by atoms with van der Waals surface area (Å²) in [6.45, 7) is 2.50. The van der Waals surface area contributed by atoms with Crippen LogP contribution in [-0.2, 0) is 19.0 Å². The summed E-state index contributed by atoms with van der Waals surface area (Å²) in [5, 5.41) is 43.5. The maximum atomic E-state index is 9.90. The molecule has 6 atom stereocenters. The number of ether oxygens (including phenoxy) is 3. The number of aldehydes is 1. The van der Waals surface area contributed by atoms with Crippen LogP contribution in [0.5, 0.6) is 0 Å². The molecule has 5 N–H and O–H groups in total. The summed E-state index contributed by atoms with van der Waals surface area (Å²) in [7, 11) is 0. The highest BCUT2D eigenvalue weighted by atomic mass is 16.6. The van der Waals surface area contributed by atoms with Crippen LogP contribution in [0.2, 0.25) is 0 Å². The second kappa shape index (κ2) is 9.38. The highest BCUT2D eigenvalue weighted by Crippen LogP contribution is 2.12. The van der Waals surface area contributed by atoms with E-state index < -0.39 is 31.0 Å². The number of aliphatic hydroxyl groups excluding tert-OH is 5. The average molecular weight is 310 g/mol. The summed E-state index contributed by atoms with van der Waals surface area (Å²) >= 11 is 0. The Morgan fingerprint density at radius 2 is 1.52 bits per heavy atom. The normalized spacial score (nSPS) is 28.6. The van der Waals surface area contributed by atoms with Gasteiger partial charge in [0, 0.05) is 0 Å². The van der Waals surface area contributed by atoms with Gasteiger partial charge in [-0.1, -0.05) is 0 Å². The molecule has 0 bridgehead atoms. The summed E-state index contributed by atoms with van der Waals surface area (Å²) in [4.78, 5) is 9.90. The van der Waals surface area contributed by atoms with Crippen molar-refractivity contribution in [2.24, 2.45) is 0 Å². The monoisotopic (exact) mass is 310 g/mol. The lowest BCUT2D eigenvalue weighted by molar-refractivity contribution is -0.136. The third-order valence-corrected chi connectivity index (χ3v) is 2.83. The van der Waals surface area contributed by atoms with E-state index in [1.165, 1.54) is 0 Å². The van der Waals surface area contributed by atoms with Crippen LogP contribution in [0, 0.1) is 0 Å². The van der Waals surface area contributed by atoms with Crippen molar-refractivity contribution >= 4 is 6.29 Å². The number of carbonyl (C=O) groups is 1. The molecule has 2 unspecified atom stereocenters. The van der Waals surface area contributed by atoms with E-state index in [1.807, 2.05) is 0 Å². The van der Waals surface area contributed by atoms with Gasteiger partial charge in [-0.05, 0) is 0 Å². The standard InChI is InChI=1S/C6H12O6.C6H10O3/c7-1-3(9)5(11)6(12)4(10)2-8;1(5-3-8-5)7-2-6-4-9-6/h1,3-6,8-12H,2H2;5-6H,1-4H2/t3-,4+,5+,6+;/m0./s1. The molecule has 21 heavy (non-hydrogen) atoms. The molecule has 2 saturated heterocycles. The topological polar surface area (TPSA) is 153 Å². The fourth-order valence-electron chi connectivity index (χ4n) is 1.28. The highest BCUT2D eigenvalue weighted by Gasteiger charge is 2.29. The molecule has 0 saturated carbocycles. The Bertz CT molecular complexity index is 280. The first-order valence-corrected chi connectivity index (χ1v) is 6.59. The Hall–Kier alpha value is -0.650. The van der Waals surface area contributed by atoms with Crippen LogP contribution in [0.15, 0.2) is 0 Å². The molecule has 0 amide bonds. The third kappa shape index (κ3) is 7.79. The lowest BCUT2D eigenvalue weighted by Gasteiger charge is -2.22. The SMILES string of the molecule is C(OCC1CO1)C1CO1.O=C[C@H](O)[C@@H](O)[C@H](O)[C@H](O)CO. The predicted octanol–water partition coefficient (Wildman–Crippen LogP) is -3.58. The van der Waals surface area contributed by atoms with Gasteiger partial charge in [-0.25, -0.2) is 0 Å². The number of carbonyl (C=O) groups excluding carboxylic acids is 1. The summed E-state index contributed by atoms with van der Waals surface area (Å²) in [6.07, 6.45) is -6.05. The molecule has 2 heterocycles. The lowest BCUT2D eigenvalue weighted by Crippen LogP contribution is -2.46. The Labute approximate surface area is 121 Å². The Balaban J connectivity index is 0.000000216. The fraction of sp³-hybridized carbons (Fsp3) is 0.917. The zero-order chi connectivity index (χ0) is 15.8. The molecule has 124 valence electrons. The molecule has 2 aliphatic rings. The van der Waals surface area contributed by atoms with Crippen molar-refractivity contribution in [2.75, 3.05) is 33.0 Å². The van der Waals surface area contributed by atoms with E-state index >= 15 is 0 Å². The van der Waals surface area contributed by atoms with Gasteiger partial charge in [-0.15, -0.1) is 0 Å². The van der Waals surface area contributed by atoms with E-state index in [1.54, 1.807) is 0 Å². The number of rotatable bonds is 9. The van der Waals surface area contributed by atoms with Gasteiger partial charge in [0.25, 0.3) is 0 Å². The van der Waals surface area contributed by atoms with Gasteiger partial charge >= 0.3 is 0 Å². The molecular weight excluding hydrogens is 288 g/mol. The molecule has 0 spiro atoms. The van der Waals surface area contributed by atoms with Gasteiger partial charge in [0.1, 0.15) is 36.6 Å². The molecule has 0 aromatic carbocycles. The van der Waals surface area contributed by atoms with Crippen LogP contribution in [0.3, 0.4) is 0 Å². The van der Waals surface area contributed by atoms with E-state index in [-0.39, 0.29) is 6.29 Å². The van der Waals surface area contributed by atoms with Crippen LogP contribution in [0.4, 0.5) is 0 Å². The summed E-state index contributed by atoms with van der Waals surface area (Å²) in [5.74, 6) is 0. The van der Waals surface area contributed by atoms with Crippen molar-refractivity contribution in [3.05, 3.63) is 0 Å². The van der Waals surface area contributed by atoms with Crippen molar-refractivity contribution in [3.8, 4) is 0 Å². The Kier molecular flexibility index (Phi) is 8.22. The van der Waals surface area contributed by atoms with Crippen molar-refractivity contribution < 1.29 is 44.5 Å². The van der Waals surface area contributed by atoms with Crippen LogP contribution in [0.1, 0.15) is 0 Å². The van der Waals surface area contributed by atoms with Crippen molar-refractivity contribution in [2.45, 2.75) is 36.6 Å². The molecule has 0 aliphatic carbocycles. The van der Waals surface area contributed by atoms with Gasteiger partial charge in [-0.2, -0.15) is 0 Å². The van der Waals surface area contributed by atoms with Gasteiger partial charge in [0.15, 0.2) is 6.29 Å². The van der Waals surface area contributed by atoms with Crippen molar-refractivity contribution in [1.29, 1.82) is 0 Å². The van der Waals surface area contributed by atoms with E-state index in [0.717, 1.165) is 26.4 Å². The largest absolute Gasteiger partial charge is 0.394 e. The van der Waals surface area contributed by atoms with Gasteiger partial charge in [0.2, 0.25) is 0 Å². The molecule has 2 rings (SSSR count). The van der Waals surface area contributed by atoms with Gasteiger partial charge < -0.3 is 44.5 Å². The first-order chi connectivity index (χ1) is 9.99. The number of hydrogen-bond donors (Lipinski definition) is 5. The van der Waals surface area contributed by atoms with Crippen LogP contribution in [-0.4, -0.2) is 101 Å².